The number of benzene rings is 2. The molecule has 2 aromatic rings. The summed E-state index contributed by atoms with van der Waals surface area (Å²) in [6.45, 7) is 6.14. The van der Waals surface area contributed by atoms with Crippen LogP contribution >= 0.6 is 11.6 Å². The monoisotopic (exact) mass is 245 g/mol. The van der Waals surface area contributed by atoms with Crippen LogP contribution in [0.5, 0.6) is 0 Å². The van der Waals surface area contributed by atoms with Gasteiger partial charge in [0, 0.05) is 10.7 Å². The molecule has 0 heterocycles. The Kier molecular flexibility index (Phi) is 3.12. The highest BCUT2D eigenvalue weighted by molar-refractivity contribution is 6.31. The van der Waals surface area contributed by atoms with E-state index in [0.717, 1.165) is 21.8 Å². The van der Waals surface area contributed by atoms with Gasteiger partial charge in [0.05, 0.1) is 0 Å². The molecule has 2 N–H and O–H groups in total. The van der Waals surface area contributed by atoms with Gasteiger partial charge >= 0.3 is 0 Å². The SMILES string of the molecule is Cc1cc(-c2cccc(N)c2C)c(C)cc1Cl. The fourth-order valence-corrected chi connectivity index (χ4v) is 2.23. The van der Waals surface area contributed by atoms with Crippen LogP contribution < -0.4 is 5.73 Å². The van der Waals surface area contributed by atoms with E-state index in [-0.39, 0.29) is 0 Å². The fourth-order valence-electron chi connectivity index (χ4n) is 2.02. The van der Waals surface area contributed by atoms with Gasteiger partial charge in [0.25, 0.3) is 0 Å². The van der Waals surface area contributed by atoms with Gasteiger partial charge in [-0.15, -0.1) is 0 Å². The minimum atomic E-state index is 0.813. The van der Waals surface area contributed by atoms with E-state index < -0.39 is 0 Å². The standard InChI is InChI=1S/C15H16ClN/c1-9-8-14(16)10(2)7-13(9)12-5-4-6-15(17)11(12)3/h4-8H,17H2,1-3H3. The molecule has 2 aromatic carbocycles. The molecule has 0 aliphatic rings. The van der Waals surface area contributed by atoms with Crippen molar-refractivity contribution in [1.29, 1.82) is 0 Å². The van der Waals surface area contributed by atoms with E-state index in [1.807, 2.05) is 32.0 Å². The van der Waals surface area contributed by atoms with Crippen LogP contribution in [0.15, 0.2) is 30.3 Å². The first-order valence-corrected chi connectivity index (χ1v) is 6.00. The Labute approximate surface area is 107 Å². The molecule has 0 fully saturated rings. The Morgan fingerprint density at radius 2 is 1.65 bits per heavy atom. The summed E-state index contributed by atoms with van der Waals surface area (Å²) >= 11 is 6.12. The zero-order chi connectivity index (χ0) is 12.6. The number of nitrogens with two attached hydrogens (primary N) is 1. The van der Waals surface area contributed by atoms with E-state index in [9.17, 15) is 0 Å². The molecule has 0 saturated heterocycles. The zero-order valence-electron chi connectivity index (χ0n) is 10.3. The van der Waals surface area contributed by atoms with Crippen LogP contribution in [0.4, 0.5) is 5.69 Å². The van der Waals surface area contributed by atoms with Gasteiger partial charge in [0.2, 0.25) is 0 Å². The molecule has 0 atom stereocenters. The van der Waals surface area contributed by atoms with Gasteiger partial charge in [-0.3, -0.25) is 0 Å². The normalized spacial score (nSPS) is 10.6. The maximum absolute atomic E-state index is 6.12. The summed E-state index contributed by atoms with van der Waals surface area (Å²) in [6.07, 6.45) is 0. The molecule has 0 aromatic heterocycles. The summed E-state index contributed by atoms with van der Waals surface area (Å²) in [6, 6.07) is 10.1. The molecular weight excluding hydrogens is 230 g/mol. The van der Waals surface area contributed by atoms with E-state index >= 15 is 0 Å². The van der Waals surface area contributed by atoms with E-state index in [4.69, 9.17) is 17.3 Å². The minimum absolute atomic E-state index is 0.813. The lowest BCUT2D eigenvalue weighted by molar-refractivity contribution is 1.37. The van der Waals surface area contributed by atoms with Crippen molar-refractivity contribution >= 4 is 17.3 Å². The summed E-state index contributed by atoms with van der Waals surface area (Å²) in [7, 11) is 0. The summed E-state index contributed by atoms with van der Waals surface area (Å²) in [4.78, 5) is 0. The lowest BCUT2D eigenvalue weighted by atomic mass is 9.94. The lowest BCUT2D eigenvalue weighted by Gasteiger charge is -2.13. The molecule has 0 aliphatic carbocycles. The van der Waals surface area contributed by atoms with E-state index in [0.29, 0.717) is 0 Å². The second-order valence-electron chi connectivity index (χ2n) is 4.44. The second kappa shape index (κ2) is 4.42. The zero-order valence-corrected chi connectivity index (χ0v) is 11.1. The number of anilines is 1. The molecule has 1 nitrogen and oxygen atoms in total. The third kappa shape index (κ3) is 2.16. The van der Waals surface area contributed by atoms with Crippen LogP contribution in [0.3, 0.4) is 0 Å². The third-order valence-electron chi connectivity index (χ3n) is 3.17. The number of nitrogen functional groups attached to an aromatic ring is 1. The van der Waals surface area contributed by atoms with Gasteiger partial charge in [0.1, 0.15) is 0 Å². The highest BCUT2D eigenvalue weighted by atomic mass is 35.5. The highest BCUT2D eigenvalue weighted by Crippen LogP contribution is 2.32. The number of hydrogen-bond donors (Lipinski definition) is 1. The number of aryl methyl sites for hydroxylation is 2. The van der Waals surface area contributed by atoms with Crippen LogP contribution in [0, 0.1) is 20.8 Å². The van der Waals surface area contributed by atoms with E-state index in [1.165, 1.54) is 16.7 Å². The Morgan fingerprint density at radius 3 is 2.35 bits per heavy atom. The maximum Gasteiger partial charge on any atom is 0.0438 e. The third-order valence-corrected chi connectivity index (χ3v) is 3.58. The molecule has 0 unspecified atom stereocenters. The quantitative estimate of drug-likeness (QED) is 0.735. The molecule has 88 valence electrons. The van der Waals surface area contributed by atoms with Gasteiger partial charge in [0.15, 0.2) is 0 Å². The maximum atomic E-state index is 6.12. The van der Waals surface area contributed by atoms with Crippen molar-refractivity contribution in [2.75, 3.05) is 5.73 Å². The highest BCUT2D eigenvalue weighted by Gasteiger charge is 2.09. The van der Waals surface area contributed by atoms with Crippen molar-refractivity contribution in [2.24, 2.45) is 0 Å². The fraction of sp³-hybridized carbons (Fsp3) is 0.200. The van der Waals surface area contributed by atoms with Crippen molar-refractivity contribution in [1.82, 2.24) is 0 Å². The Balaban J connectivity index is 2.69. The van der Waals surface area contributed by atoms with Crippen LogP contribution in [-0.4, -0.2) is 0 Å². The van der Waals surface area contributed by atoms with Gasteiger partial charge in [-0.25, -0.2) is 0 Å². The predicted octanol–water partition coefficient (Wildman–Crippen LogP) is 4.51. The summed E-state index contributed by atoms with van der Waals surface area (Å²) in [5.41, 5.74) is 12.6. The molecule has 0 aliphatic heterocycles. The summed E-state index contributed by atoms with van der Waals surface area (Å²) in [5, 5.41) is 0.813. The van der Waals surface area contributed by atoms with Gasteiger partial charge in [-0.1, -0.05) is 23.7 Å². The molecule has 0 bridgehead atoms. The second-order valence-corrected chi connectivity index (χ2v) is 4.84. The Morgan fingerprint density at radius 1 is 0.941 bits per heavy atom. The van der Waals surface area contributed by atoms with E-state index in [1.54, 1.807) is 0 Å². The average molecular weight is 246 g/mol. The van der Waals surface area contributed by atoms with Gasteiger partial charge in [-0.2, -0.15) is 0 Å². The van der Waals surface area contributed by atoms with Crippen molar-refractivity contribution in [3.8, 4) is 11.1 Å². The van der Waals surface area contributed by atoms with Crippen molar-refractivity contribution in [2.45, 2.75) is 20.8 Å². The van der Waals surface area contributed by atoms with Crippen LogP contribution in [0.25, 0.3) is 11.1 Å². The minimum Gasteiger partial charge on any atom is -0.398 e. The molecule has 0 saturated carbocycles. The first-order valence-electron chi connectivity index (χ1n) is 5.63. The number of rotatable bonds is 1. The van der Waals surface area contributed by atoms with Gasteiger partial charge < -0.3 is 5.73 Å². The summed E-state index contributed by atoms with van der Waals surface area (Å²) in [5.74, 6) is 0. The van der Waals surface area contributed by atoms with Crippen LogP contribution in [-0.2, 0) is 0 Å². The Hall–Kier alpha value is -1.47. The van der Waals surface area contributed by atoms with E-state index in [2.05, 4.69) is 19.1 Å². The molecule has 0 radical (unpaired) electrons. The first kappa shape index (κ1) is 12.0. The topological polar surface area (TPSA) is 26.0 Å². The lowest BCUT2D eigenvalue weighted by Crippen LogP contribution is -1.94. The number of hydrogen-bond acceptors (Lipinski definition) is 1. The van der Waals surface area contributed by atoms with Crippen LogP contribution in [0.1, 0.15) is 16.7 Å². The van der Waals surface area contributed by atoms with Crippen molar-refractivity contribution in [3.05, 3.63) is 52.0 Å². The molecular formula is C15H16ClN. The smallest absolute Gasteiger partial charge is 0.0438 e. The number of halogens is 1. The largest absolute Gasteiger partial charge is 0.398 e. The molecule has 0 spiro atoms. The predicted molar refractivity (Wildman–Crippen MR) is 75.5 cm³/mol. The van der Waals surface area contributed by atoms with Crippen molar-refractivity contribution in [3.63, 3.8) is 0 Å². The Bertz CT molecular complexity index is 573. The van der Waals surface area contributed by atoms with Crippen LogP contribution in [0.2, 0.25) is 5.02 Å². The summed E-state index contributed by atoms with van der Waals surface area (Å²) < 4.78 is 0. The molecule has 0 amide bonds. The first-order chi connectivity index (χ1) is 8.00. The molecule has 2 rings (SSSR count). The van der Waals surface area contributed by atoms with Crippen molar-refractivity contribution < 1.29 is 0 Å². The molecule has 17 heavy (non-hydrogen) atoms. The average Bonchev–Trinajstić information content (AvgIpc) is 2.28. The molecule has 2 heteroatoms. The van der Waals surface area contributed by atoms with Gasteiger partial charge in [-0.05, 0) is 66.8 Å².